The first kappa shape index (κ1) is 25.5. The number of benzene rings is 2. The van der Waals surface area contributed by atoms with Gasteiger partial charge in [0.05, 0.1) is 9.73 Å². The maximum atomic E-state index is 13.4. The number of rotatable bonds is 6. The van der Waals surface area contributed by atoms with Crippen LogP contribution < -0.4 is 5.32 Å². The number of hydrogen-bond donors (Lipinski definition) is 2. The Morgan fingerprint density at radius 3 is 2.14 bits per heavy atom. The molecule has 1 atom stereocenters. The van der Waals surface area contributed by atoms with Gasteiger partial charge in [0, 0.05) is 40.5 Å². The quantitative estimate of drug-likeness (QED) is 0.234. The number of fused-ring (bicyclic) bond motifs is 1. The van der Waals surface area contributed by atoms with Crippen LogP contribution in [0.15, 0.2) is 89.0 Å². The zero-order valence-corrected chi connectivity index (χ0v) is 21.1. The molecule has 0 spiro atoms. The van der Waals surface area contributed by atoms with Gasteiger partial charge in [0.25, 0.3) is 0 Å². The Morgan fingerprint density at radius 2 is 1.51 bits per heavy atom. The van der Waals surface area contributed by atoms with Gasteiger partial charge in [-0.2, -0.15) is 0 Å². The van der Waals surface area contributed by atoms with E-state index in [1.807, 2.05) is 41.1 Å². The highest BCUT2D eigenvalue weighted by atomic mass is 32.5. The number of nitrogens with one attached hydrogen (secondary N) is 2. The average molecular weight is 557 g/mol. The Bertz CT molecular complexity index is 1540. The van der Waals surface area contributed by atoms with Crippen molar-refractivity contribution < 1.29 is 23.6 Å². The van der Waals surface area contributed by atoms with Gasteiger partial charge in [-0.05, 0) is 85.3 Å². The van der Waals surface area contributed by atoms with E-state index < -0.39 is 24.8 Å². The van der Waals surface area contributed by atoms with E-state index in [0.717, 1.165) is 28.9 Å². The van der Waals surface area contributed by atoms with Crippen molar-refractivity contribution in [1.82, 2.24) is 9.38 Å². The molecule has 2 N–H and O–H groups in total. The van der Waals surface area contributed by atoms with E-state index in [-0.39, 0.29) is 11.3 Å². The van der Waals surface area contributed by atoms with Crippen molar-refractivity contribution in [3.63, 3.8) is 0 Å². The minimum Gasteiger partial charge on any atom is -0.382 e. The molecule has 12 heteroatoms. The third-order valence-electron chi connectivity index (χ3n) is 6.75. The summed E-state index contributed by atoms with van der Waals surface area (Å²) in [5.41, 5.74) is 3.01. The van der Waals surface area contributed by atoms with Crippen molar-refractivity contribution >= 4 is 31.3 Å². The van der Waals surface area contributed by atoms with E-state index in [2.05, 4.69) is 10.3 Å². The molecule has 0 radical (unpaired) electrons. The lowest BCUT2D eigenvalue weighted by molar-refractivity contribution is 0.364. The summed E-state index contributed by atoms with van der Waals surface area (Å²) >= 11 is 0. The molecular weight excluding hydrogens is 531 g/mol. The van der Waals surface area contributed by atoms with E-state index in [1.165, 1.54) is 0 Å². The number of hydrogen-bond acceptors (Lipinski definition) is 4. The zero-order chi connectivity index (χ0) is 26.5. The third-order valence-corrected chi connectivity index (χ3v) is 10.3. The Hall–Kier alpha value is -3.12. The van der Waals surface area contributed by atoms with E-state index in [4.69, 9.17) is 4.78 Å². The first-order valence-electron chi connectivity index (χ1n) is 11.6. The number of imidazole rings is 1. The van der Waals surface area contributed by atoms with Gasteiger partial charge in [-0.25, -0.2) is 14.0 Å². The topological polar surface area (TPSA) is 70.2 Å². The summed E-state index contributed by atoms with van der Waals surface area (Å²) in [7, 11) is -12.8. The van der Waals surface area contributed by atoms with Crippen molar-refractivity contribution in [3.05, 3.63) is 79.3 Å². The van der Waals surface area contributed by atoms with Gasteiger partial charge in [0.15, 0.2) is 0 Å². The minimum absolute atomic E-state index is 0.114. The predicted molar refractivity (Wildman–Crippen MR) is 137 cm³/mol. The molecule has 4 aromatic rings. The second-order valence-electron chi connectivity index (χ2n) is 9.34. The van der Waals surface area contributed by atoms with E-state index >= 15 is 0 Å². The van der Waals surface area contributed by atoms with Crippen molar-refractivity contribution in [2.24, 2.45) is 0 Å². The molecule has 5 nitrogen and oxygen atoms in total. The van der Waals surface area contributed by atoms with Gasteiger partial charge >= 0.3 is 10.2 Å². The van der Waals surface area contributed by atoms with Crippen molar-refractivity contribution in [3.8, 4) is 11.1 Å². The first-order chi connectivity index (χ1) is 17.2. The molecule has 2 heterocycles. The second kappa shape index (κ2) is 8.19. The van der Waals surface area contributed by atoms with Crippen LogP contribution in [-0.4, -0.2) is 24.9 Å². The number of halogens is 5. The molecule has 2 aromatic carbocycles. The molecule has 198 valence electrons. The van der Waals surface area contributed by atoms with Gasteiger partial charge in [0.1, 0.15) is 10.5 Å². The fraction of sp³-hybridized carbons (Fsp3) is 0.240. The summed E-state index contributed by atoms with van der Waals surface area (Å²) in [6.45, 7) is 0. The van der Waals surface area contributed by atoms with Crippen LogP contribution in [-0.2, 0) is 9.73 Å². The SMILES string of the molecule is N=S(=O)(c1ccc(-c2ccn3ccnc3c2)cc1)C1CCC(Nc2ccc(S(F)(F)(F)(F)F)cc2)CC1. The molecular formula is C25H25F5N4OS2. The van der Waals surface area contributed by atoms with E-state index in [9.17, 15) is 23.6 Å². The molecule has 5 rings (SSSR count). The summed E-state index contributed by atoms with van der Waals surface area (Å²) in [4.78, 5) is 2.82. The largest absolute Gasteiger partial charge is 0.382 e. The fourth-order valence-electron chi connectivity index (χ4n) is 4.71. The summed E-state index contributed by atoms with van der Waals surface area (Å²) in [5.74, 6) is 0. The highest BCUT2D eigenvalue weighted by Crippen LogP contribution is 3.02. The normalized spacial score (nSPS) is 22.1. The molecule has 0 aliphatic heterocycles. The fourth-order valence-corrected chi connectivity index (χ4v) is 7.23. The zero-order valence-electron chi connectivity index (χ0n) is 19.5. The standard InChI is InChI=1S/C25H25F5N4OS2/c26-37(27,28,29,30)24-11-5-21(6-12-24)33-20-3-9-23(10-4-20)36(31,35)22-7-1-18(2-8-22)19-13-15-34-16-14-32-25(34)17-19/h1-2,5-8,11-17,20,23,31,33H,3-4,9-10H2. The van der Waals surface area contributed by atoms with Crippen LogP contribution >= 0.6 is 10.2 Å². The molecule has 2 aromatic heterocycles. The van der Waals surface area contributed by atoms with Crippen LogP contribution in [0.1, 0.15) is 25.7 Å². The van der Waals surface area contributed by atoms with Gasteiger partial charge in [-0.1, -0.05) is 31.6 Å². The lowest BCUT2D eigenvalue weighted by Gasteiger charge is -2.40. The summed E-state index contributed by atoms with van der Waals surface area (Å²) in [6, 6.07) is 13.7. The van der Waals surface area contributed by atoms with Crippen LogP contribution in [0.3, 0.4) is 0 Å². The first-order valence-corrected chi connectivity index (χ1v) is 15.2. The molecule has 37 heavy (non-hydrogen) atoms. The van der Waals surface area contributed by atoms with Crippen LogP contribution in [0.25, 0.3) is 16.8 Å². The predicted octanol–water partition coefficient (Wildman–Crippen LogP) is 8.49. The van der Waals surface area contributed by atoms with Gasteiger partial charge < -0.3 is 9.72 Å². The number of nitrogens with zero attached hydrogens (tertiary/aromatic N) is 2. The molecule has 0 amide bonds. The maximum Gasteiger partial charge on any atom is 0.310 e. The maximum absolute atomic E-state index is 13.4. The third kappa shape index (κ3) is 5.45. The monoisotopic (exact) mass is 556 g/mol. The summed E-state index contributed by atoms with van der Waals surface area (Å²) in [5, 5.41) is 2.72. The second-order valence-corrected chi connectivity index (χ2v) is 14.1. The van der Waals surface area contributed by atoms with Crippen molar-refractivity contribution in [2.75, 3.05) is 5.32 Å². The summed E-state index contributed by atoms with van der Waals surface area (Å²) in [6.07, 6.45) is 7.61. The Labute approximate surface area is 211 Å². The Morgan fingerprint density at radius 1 is 0.865 bits per heavy atom. The van der Waals surface area contributed by atoms with E-state index in [0.29, 0.717) is 48.4 Å². The van der Waals surface area contributed by atoms with Crippen molar-refractivity contribution in [2.45, 2.75) is 46.8 Å². The van der Waals surface area contributed by atoms with E-state index in [1.54, 1.807) is 18.3 Å². The molecule has 1 saturated carbocycles. The van der Waals surface area contributed by atoms with Crippen LogP contribution in [0.5, 0.6) is 0 Å². The molecule has 1 unspecified atom stereocenters. The van der Waals surface area contributed by atoms with Gasteiger partial charge in [-0.15, -0.1) is 0 Å². The van der Waals surface area contributed by atoms with Crippen LogP contribution in [0, 0.1) is 4.78 Å². The number of aromatic nitrogens is 2. The molecule has 1 fully saturated rings. The number of anilines is 1. The van der Waals surface area contributed by atoms with Crippen LogP contribution in [0.2, 0.25) is 0 Å². The Kier molecular flexibility index (Phi) is 5.65. The minimum atomic E-state index is -9.70. The molecule has 1 aliphatic rings. The summed E-state index contributed by atoms with van der Waals surface area (Å²) < 4.78 is 88.6. The lowest BCUT2D eigenvalue weighted by atomic mass is 9.95. The lowest BCUT2D eigenvalue weighted by Crippen LogP contribution is -2.32. The Balaban J connectivity index is 1.22. The highest BCUT2D eigenvalue weighted by molar-refractivity contribution is 8.45. The van der Waals surface area contributed by atoms with Gasteiger partial charge in [-0.3, -0.25) is 0 Å². The smallest absolute Gasteiger partial charge is 0.310 e. The van der Waals surface area contributed by atoms with Crippen LogP contribution in [0.4, 0.5) is 25.1 Å². The highest BCUT2D eigenvalue weighted by Gasteiger charge is 2.65. The molecule has 0 saturated heterocycles. The molecule has 1 aliphatic carbocycles. The average Bonchev–Trinajstić information content (AvgIpc) is 3.31. The number of pyridine rings is 1. The molecule has 0 bridgehead atoms. The van der Waals surface area contributed by atoms with Gasteiger partial charge in [0.2, 0.25) is 0 Å². The van der Waals surface area contributed by atoms with Crippen molar-refractivity contribution in [1.29, 1.82) is 4.78 Å².